The number of carbonyl (C=O) groups excluding carboxylic acids is 1. The maximum atomic E-state index is 12.5. The zero-order valence-electron chi connectivity index (χ0n) is 13.6. The summed E-state index contributed by atoms with van der Waals surface area (Å²) in [4.78, 5) is 12.5. The molecular formula is C18H22N4O2. The van der Waals surface area contributed by atoms with Crippen LogP contribution in [-0.4, -0.2) is 32.1 Å². The summed E-state index contributed by atoms with van der Waals surface area (Å²) >= 11 is 0. The molecule has 0 fully saturated rings. The van der Waals surface area contributed by atoms with Gasteiger partial charge >= 0.3 is 0 Å². The van der Waals surface area contributed by atoms with E-state index in [1.807, 2.05) is 18.2 Å². The van der Waals surface area contributed by atoms with Gasteiger partial charge in [-0.25, -0.2) is 4.68 Å². The van der Waals surface area contributed by atoms with Gasteiger partial charge in [0.1, 0.15) is 6.54 Å². The standard InChI is InChI=1S/C18H22N4O2/c23-16-10-9-12-5-1-2-6-13(12)18(16)19-17(24)11-22-15-8-4-3-7-14(15)20-21-22/h1-2,5-6,16,18,23H,3-4,7-11H2,(H,19,24)/t16-,18+/m1/s1. The van der Waals surface area contributed by atoms with Crippen LogP contribution in [0.1, 0.15) is 47.8 Å². The van der Waals surface area contributed by atoms with E-state index in [-0.39, 0.29) is 18.5 Å². The van der Waals surface area contributed by atoms with Gasteiger partial charge in [0.15, 0.2) is 0 Å². The Kier molecular flexibility index (Phi) is 4.06. The highest BCUT2D eigenvalue weighted by atomic mass is 16.3. The number of fused-ring (bicyclic) bond motifs is 2. The second kappa shape index (κ2) is 6.36. The normalized spacial score (nSPS) is 22.5. The summed E-state index contributed by atoms with van der Waals surface area (Å²) in [6, 6.07) is 7.65. The average Bonchev–Trinajstić information content (AvgIpc) is 3.01. The number of nitrogens with one attached hydrogen (secondary N) is 1. The Labute approximate surface area is 140 Å². The minimum atomic E-state index is -0.548. The van der Waals surface area contributed by atoms with Crippen molar-refractivity contribution in [1.29, 1.82) is 0 Å². The van der Waals surface area contributed by atoms with Crippen molar-refractivity contribution in [2.45, 2.75) is 57.2 Å². The number of hydrogen-bond acceptors (Lipinski definition) is 4. The van der Waals surface area contributed by atoms with Gasteiger partial charge in [-0.3, -0.25) is 4.79 Å². The molecule has 1 heterocycles. The van der Waals surface area contributed by atoms with Gasteiger partial charge in [0.05, 0.1) is 23.5 Å². The molecule has 2 aromatic rings. The number of nitrogens with zero attached hydrogens (tertiary/aromatic N) is 3. The lowest BCUT2D eigenvalue weighted by Crippen LogP contribution is -2.41. The summed E-state index contributed by atoms with van der Waals surface area (Å²) < 4.78 is 1.71. The summed E-state index contributed by atoms with van der Waals surface area (Å²) in [5, 5.41) is 21.7. The third kappa shape index (κ3) is 2.82. The van der Waals surface area contributed by atoms with E-state index in [2.05, 4.69) is 21.7 Å². The Hall–Kier alpha value is -2.21. The van der Waals surface area contributed by atoms with Gasteiger partial charge in [-0.2, -0.15) is 0 Å². The molecule has 0 saturated heterocycles. The molecule has 2 aliphatic carbocycles. The molecule has 0 bridgehead atoms. The lowest BCUT2D eigenvalue weighted by Gasteiger charge is -2.31. The Balaban J connectivity index is 1.49. The molecule has 1 aromatic heterocycles. The minimum absolute atomic E-state index is 0.131. The molecule has 0 spiro atoms. The first-order valence-electron chi connectivity index (χ1n) is 8.69. The summed E-state index contributed by atoms with van der Waals surface area (Å²) in [7, 11) is 0. The molecule has 1 aromatic carbocycles. The molecule has 0 aliphatic heterocycles. The molecule has 2 aliphatic rings. The third-order valence-electron chi connectivity index (χ3n) is 5.09. The molecule has 6 nitrogen and oxygen atoms in total. The van der Waals surface area contributed by atoms with Crippen LogP contribution in [0.25, 0.3) is 0 Å². The van der Waals surface area contributed by atoms with E-state index >= 15 is 0 Å². The number of aromatic nitrogens is 3. The summed E-state index contributed by atoms with van der Waals surface area (Å²) in [6.45, 7) is 0.160. The summed E-state index contributed by atoms with van der Waals surface area (Å²) in [5.74, 6) is -0.131. The van der Waals surface area contributed by atoms with Crippen molar-refractivity contribution in [2.24, 2.45) is 0 Å². The van der Waals surface area contributed by atoms with Crippen LogP contribution < -0.4 is 5.32 Å². The van der Waals surface area contributed by atoms with Crippen molar-refractivity contribution >= 4 is 5.91 Å². The molecule has 2 N–H and O–H groups in total. The Bertz CT molecular complexity index is 755. The monoisotopic (exact) mass is 326 g/mol. The van der Waals surface area contributed by atoms with Gasteiger partial charge in [-0.15, -0.1) is 5.10 Å². The zero-order chi connectivity index (χ0) is 16.5. The van der Waals surface area contributed by atoms with Crippen molar-refractivity contribution in [1.82, 2.24) is 20.3 Å². The zero-order valence-corrected chi connectivity index (χ0v) is 13.6. The smallest absolute Gasteiger partial charge is 0.242 e. The fraction of sp³-hybridized carbons (Fsp3) is 0.500. The number of benzene rings is 1. The van der Waals surface area contributed by atoms with Crippen molar-refractivity contribution in [3.05, 3.63) is 46.8 Å². The quantitative estimate of drug-likeness (QED) is 0.891. The van der Waals surface area contributed by atoms with E-state index in [1.165, 1.54) is 5.56 Å². The number of aryl methyl sites for hydroxylation is 2. The second-order valence-electron chi connectivity index (χ2n) is 6.70. The van der Waals surface area contributed by atoms with Crippen molar-refractivity contribution in [3.8, 4) is 0 Å². The maximum absolute atomic E-state index is 12.5. The van der Waals surface area contributed by atoms with Gasteiger partial charge in [0, 0.05) is 0 Å². The fourth-order valence-electron chi connectivity index (χ4n) is 3.82. The Morgan fingerprint density at radius 1 is 1.25 bits per heavy atom. The molecule has 0 unspecified atom stereocenters. The van der Waals surface area contributed by atoms with Crippen LogP contribution in [0.2, 0.25) is 0 Å². The van der Waals surface area contributed by atoms with E-state index in [0.29, 0.717) is 6.42 Å². The number of aliphatic hydroxyl groups is 1. The second-order valence-corrected chi connectivity index (χ2v) is 6.70. The van der Waals surface area contributed by atoms with Gasteiger partial charge in [0.2, 0.25) is 5.91 Å². The van der Waals surface area contributed by atoms with Gasteiger partial charge in [-0.05, 0) is 49.7 Å². The Morgan fingerprint density at radius 3 is 3.00 bits per heavy atom. The highest BCUT2D eigenvalue weighted by molar-refractivity contribution is 5.76. The van der Waals surface area contributed by atoms with E-state index in [1.54, 1.807) is 4.68 Å². The number of aliphatic hydroxyl groups excluding tert-OH is 1. The maximum Gasteiger partial charge on any atom is 0.242 e. The van der Waals surface area contributed by atoms with Crippen LogP contribution in [0.5, 0.6) is 0 Å². The van der Waals surface area contributed by atoms with Crippen LogP contribution in [-0.2, 0) is 30.6 Å². The fourth-order valence-corrected chi connectivity index (χ4v) is 3.82. The average molecular weight is 326 g/mol. The summed E-state index contributed by atoms with van der Waals surface area (Å²) in [6.07, 6.45) is 5.12. The molecule has 0 radical (unpaired) electrons. The first-order chi connectivity index (χ1) is 11.7. The predicted octanol–water partition coefficient (Wildman–Crippen LogP) is 1.32. The third-order valence-corrected chi connectivity index (χ3v) is 5.09. The highest BCUT2D eigenvalue weighted by Crippen LogP contribution is 2.30. The first kappa shape index (κ1) is 15.3. The van der Waals surface area contributed by atoms with E-state index in [9.17, 15) is 9.90 Å². The van der Waals surface area contributed by atoms with Crippen LogP contribution in [0.15, 0.2) is 24.3 Å². The number of hydrogen-bond donors (Lipinski definition) is 2. The lowest BCUT2D eigenvalue weighted by molar-refractivity contribution is -0.123. The highest BCUT2D eigenvalue weighted by Gasteiger charge is 2.29. The summed E-state index contributed by atoms with van der Waals surface area (Å²) in [5.41, 5.74) is 4.33. The van der Waals surface area contributed by atoms with Gasteiger partial charge in [0.25, 0.3) is 0 Å². The molecule has 4 rings (SSSR count). The predicted molar refractivity (Wildman–Crippen MR) is 88.3 cm³/mol. The van der Waals surface area contributed by atoms with E-state index in [4.69, 9.17) is 0 Å². The van der Waals surface area contributed by atoms with Crippen LogP contribution in [0.4, 0.5) is 0 Å². The number of carbonyl (C=O) groups is 1. The van der Waals surface area contributed by atoms with Crippen LogP contribution >= 0.6 is 0 Å². The molecule has 126 valence electrons. The molecule has 24 heavy (non-hydrogen) atoms. The van der Waals surface area contributed by atoms with E-state index < -0.39 is 6.10 Å². The van der Waals surface area contributed by atoms with Crippen LogP contribution in [0.3, 0.4) is 0 Å². The van der Waals surface area contributed by atoms with Crippen molar-refractivity contribution in [2.75, 3.05) is 0 Å². The molecule has 1 amide bonds. The SMILES string of the molecule is O=C(Cn1nnc2c1CCCC2)N[C@H]1c2ccccc2CC[C@H]1O. The molecule has 0 saturated carbocycles. The van der Waals surface area contributed by atoms with Crippen molar-refractivity contribution < 1.29 is 9.90 Å². The molecular weight excluding hydrogens is 304 g/mol. The first-order valence-corrected chi connectivity index (χ1v) is 8.69. The number of amides is 1. The van der Waals surface area contributed by atoms with Crippen molar-refractivity contribution in [3.63, 3.8) is 0 Å². The topological polar surface area (TPSA) is 80.0 Å². The van der Waals surface area contributed by atoms with E-state index in [0.717, 1.165) is 49.1 Å². The minimum Gasteiger partial charge on any atom is -0.391 e. The number of rotatable bonds is 3. The molecule has 2 atom stereocenters. The lowest BCUT2D eigenvalue weighted by atomic mass is 9.85. The van der Waals surface area contributed by atoms with Gasteiger partial charge < -0.3 is 10.4 Å². The Morgan fingerprint density at radius 2 is 2.08 bits per heavy atom. The van der Waals surface area contributed by atoms with Gasteiger partial charge in [-0.1, -0.05) is 29.5 Å². The van der Waals surface area contributed by atoms with Crippen LogP contribution in [0, 0.1) is 0 Å². The largest absolute Gasteiger partial charge is 0.391 e. The molecule has 6 heteroatoms.